The molecule has 0 aliphatic carbocycles. The van der Waals surface area contributed by atoms with Gasteiger partial charge in [0.25, 0.3) is 11.6 Å². The molecular weight excluding hydrogens is 491 g/mol. The lowest BCUT2D eigenvalue weighted by Crippen LogP contribution is -2.52. The summed E-state index contributed by atoms with van der Waals surface area (Å²) in [6.07, 6.45) is -2.94. The Morgan fingerprint density at radius 2 is 1.70 bits per heavy atom. The second-order valence-corrected chi connectivity index (χ2v) is 9.01. The predicted molar refractivity (Wildman–Crippen MR) is 129 cm³/mol. The van der Waals surface area contributed by atoms with Crippen molar-refractivity contribution in [3.8, 4) is 5.75 Å². The molecule has 196 valence electrons. The van der Waals surface area contributed by atoms with E-state index in [2.05, 4.69) is 0 Å². The van der Waals surface area contributed by atoms with Gasteiger partial charge in [0.1, 0.15) is 11.4 Å². The van der Waals surface area contributed by atoms with E-state index in [1.165, 1.54) is 18.2 Å². The molecule has 0 bridgehead atoms. The average Bonchev–Trinajstić information content (AvgIpc) is 2.88. The summed E-state index contributed by atoms with van der Waals surface area (Å²) in [7, 11) is 0. The highest BCUT2D eigenvalue weighted by Crippen LogP contribution is 2.44. The normalized spacial score (nSPS) is 16.5. The van der Waals surface area contributed by atoms with Gasteiger partial charge >= 0.3 is 12.1 Å². The minimum atomic E-state index is -4.95. The van der Waals surface area contributed by atoms with Crippen LogP contribution in [0.2, 0.25) is 0 Å². The zero-order valence-electron chi connectivity index (χ0n) is 20.4. The van der Waals surface area contributed by atoms with E-state index in [0.29, 0.717) is 41.1 Å². The molecule has 0 radical (unpaired) electrons. The largest absolute Gasteiger partial charge is 0.482 e. The van der Waals surface area contributed by atoms with Gasteiger partial charge in [0.05, 0.1) is 4.92 Å². The molecule has 4 rings (SSSR count). The van der Waals surface area contributed by atoms with Crippen molar-refractivity contribution in [2.45, 2.75) is 38.5 Å². The maximum absolute atomic E-state index is 12.9. The maximum Gasteiger partial charge on any atom is 0.471 e. The minimum absolute atomic E-state index is 0.118. The van der Waals surface area contributed by atoms with Gasteiger partial charge in [0.2, 0.25) is 0 Å². The number of halogens is 3. The van der Waals surface area contributed by atoms with E-state index >= 15 is 0 Å². The summed E-state index contributed by atoms with van der Waals surface area (Å²) < 4.78 is 45.0. The molecule has 0 unspecified atom stereocenters. The Morgan fingerprint density at radius 3 is 2.24 bits per heavy atom. The third-order valence-electron chi connectivity index (χ3n) is 6.82. The first kappa shape index (κ1) is 26.2. The molecule has 37 heavy (non-hydrogen) atoms. The molecule has 0 aromatic heterocycles. The van der Waals surface area contributed by atoms with Crippen LogP contribution in [0.4, 0.5) is 18.9 Å². The van der Waals surface area contributed by atoms with Gasteiger partial charge in [-0.25, -0.2) is 0 Å². The molecule has 0 N–H and O–H groups in total. The number of nitrogens with zero attached hydrogens (tertiary/aromatic N) is 3. The van der Waals surface area contributed by atoms with Gasteiger partial charge in [-0.1, -0.05) is 12.1 Å². The Labute approximate surface area is 211 Å². The van der Waals surface area contributed by atoms with Crippen molar-refractivity contribution >= 4 is 23.1 Å². The first-order chi connectivity index (χ1) is 17.5. The Kier molecular flexibility index (Phi) is 6.98. The number of ether oxygens (including phenoxy) is 1. The summed E-state index contributed by atoms with van der Waals surface area (Å²) in [6, 6.07) is 11.0. The second-order valence-electron chi connectivity index (χ2n) is 9.01. The summed E-state index contributed by atoms with van der Waals surface area (Å²) in [5.74, 6) is -1.64. The molecule has 1 fully saturated rings. The highest BCUT2D eigenvalue weighted by Gasteiger charge is 2.47. The molecule has 2 aromatic rings. The molecule has 0 atom stereocenters. The van der Waals surface area contributed by atoms with Crippen LogP contribution in [-0.2, 0) is 4.79 Å². The number of hydrogen-bond acceptors (Lipinski definition) is 5. The molecule has 2 aromatic carbocycles. The molecule has 2 aliphatic rings. The van der Waals surface area contributed by atoms with Crippen LogP contribution in [0.5, 0.6) is 5.75 Å². The van der Waals surface area contributed by atoms with Gasteiger partial charge in [-0.15, -0.1) is 0 Å². The molecule has 1 saturated heterocycles. The van der Waals surface area contributed by atoms with Crippen LogP contribution in [0.3, 0.4) is 0 Å². The fourth-order valence-electron chi connectivity index (χ4n) is 4.76. The van der Waals surface area contributed by atoms with Crippen molar-refractivity contribution in [3.05, 3.63) is 75.3 Å². The van der Waals surface area contributed by atoms with Crippen LogP contribution in [0, 0.1) is 10.1 Å². The van der Waals surface area contributed by atoms with Crippen molar-refractivity contribution in [2.24, 2.45) is 0 Å². The summed E-state index contributed by atoms with van der Waals surface area (Å²) in [4.78, 5) is 37.8. The number of benzene rings is 2. The van der Waals surface area contributed by atoms with Crippen molar-refractivity contribution in [1.29, 1.82) is 0 Å². The highest BCUT2D eigenvalue weighted by molar-refractivity contribution is 5.95. The first-order valence-electron chi connectivity index (χ1n) is 11.9. The van der Waals surface area contributed by atoms with Crippen molar-refractivity contribution in [2.75, 3.05) is 26.2 Å². The molecule has 2 heterocycles. The number of likely N-dealkylation sites (tertiary alicyclic amines) is 1. The molecule has 2 aliphatic heterocycles. The lowest BCUT2D eigenvalue weighted by Gasteiger charge is -2.43. The molecule has 2 amide bonds. The smallest absolute Gasteiger partial charge is 0.471 e. The fourth-order valence-corrected chi connectivity index (χ4v) is 4.76. The molecular formula is C26H26F3N3O5. The van der Waals surface area contributed by atoms with Crippen LogP contribution in [0.1, 0.15) is 48.2 Å². The molecule has 0 saturated carbocycles. The van der Waals surface area contributed by atoms with E-state index in [1.54, 1.807) is 35.2 Å². The number of fused-ring (bicyclic) bond motifs is 1. The molecule has 11 heteroatoms. The first-order valence-corrected chi connectivity index (χ1v) is 11.9. The number of nitro groups is 1. The highest BCUT2D eigenvalue weighted by atomic mass is 19.4. The Morgan fingerprint density at radius 1 is 1.08 bits per heavy atom. The third kappa shape index (κ3) is 5.16. The summed E-state index contributed by atoms with van der Waals surface area (Å²) in [6.45, 7) is 4.60. The van der Waals surface area contributed by atoms with Gasteiger partial charge in [0, 0.05) is 62.3 Å². The van der Waals surface area contributed by atoms with E-state index in [-0.39, 0.29) is 37.5 Å². The average molecular weight is 518 g/mol. The lowest BCUT2D eigenvalue weighted by atomic mass is 9.82. The Hall–Kier alpha value is -3.89. The van der Waals surface area contributed by atoms with Crippen LogP contribution in [0.15, 0.2) is 48.5 Å². The van der Waals surface area contributed by atoms with Crippen LogP contribution in [0.25, 0.3) is 5.57 Å². The number of carbonyl (C=O) groups is 2. The van der Waals surface area contributed by atoms with Gasteiger partial charge in [-0.05, 0) is 49.3 Å². The second kappa shape index (κ2) is 9.87. The SMILES string of the molecule is CCN(CC)C(=O)c1ccc(C2=CC3(CCN(C(=O)C(F)(F)F)CC3)Oc3ccc([N+](=O)[O-])cc32)cc1. The maximum atomic E-state index is 12.9. The van der Waals surface area contributed by atoms with Gasteiger partial charge in [0.15, 0.2) is 0 Å². The lowest BCUT2D eigenvalue weighted by molar-refractivity contribution is -0.384. The monoisotopic (exact) mass is 517 g/mol. The topological polar surface area (TPSA) is 93.0 Å². The Bertz CT molecular complexity index is 1250. The predicted octanol–water partition coefficient (Wildman–Crippen LogP) is 4.82. The fraction of sp³-hybridized carbons (Fsp3) is 0.385. The zero-order chi connectivity index (χ0) is 27.0. The van der Waals surface area contributed by atoms with Gasteiger partial charge < -0.3 is 14.5 Å². The van der Waals surface area contributed by atoms with Crippen LogP contribution in [-0.4, -0.2) is 64.5 Å². The number of rotatable bonds is 5. The minimum Gasteiger partial charge on any atom is -0.482 e. The van der Waals surface area contributed by atoms with Crippen LogP contribution >= 0.6 is 0 Å². The van der Waals surface area contributed by atoms with Gasteiger partial charge in [-0.3, -0.25) is 19.7 Å². The zero-order valence-corrected chi connectivity index (χ0v) is 20.4. The van der Waals surface area contributed by atoms with Gasteiger partial charge in [-0.2, -0.15) is 13.2 Å². The number of carbonyl (C=O) groups excluding carboxylic acids is 2. The van der Waals surface area contributed by atoms with Crippen molar-refractivity contribution < 1.29 is 32.4 Å². The van der Waals surface area contributed by atoms with Crippen LogP contribution < -0.4 is 4.74 Å². The van der Waals surface area contributed by atoms with E-state index in [9.17, 15) is 32.9 Å². The van der Waals surface area contributed by atoms with E-state index in [1.807, 2.05) is 13.8 Å². The molecule has 8 nitrogen and oxygen atoms in total. The summed E-state index contributed by atoms with van der Waals surface area (Å²) in [5, 5.41) is 11.4. The number of piperidine rings is 1. The number of non-ortho nitro benzene ring substituents is 1. The standard InChI is InChI=1S/C26H26F3N3O5/c1-3-30(4-2)23(33)18-7-5-17(6-8-18)21-16-25(11-13-31(14-12-25)24(34)26(27,28)29)37-22-10-9-19(32(35)36)15-20(21)22/h5-10,15-16H,3-4,11-14H2,1-2H3. The van der Waals surface area contributed by atoms with E-state index in [0.717, 1.165) is 4.90 Å². The quantitative estimate of drug-likeness (QED) is 0.419. The molecule has 1 spiro atoms. The number of alkyl halides is 3. The summed E-state index contributed by atoms with van der Waals surface area (Å²) >= 11 is 0. The Balaban J connectivity index is 1.71. The third-order valence-corrected chi connectivity index (χ3v) is 6.82. The van der Waals surface area contributed by atoms with Crippen molar-refractivity contribution in [3.63, 3.8) is 0 Å². The number of amides is 2. The number of hydrogen-bond donors (Lipinski definition) is 0. The van der Waals surface area contributed by atoms with E-state index < -0.39 is 22.6 Å². The van der Waals surface area contributed by atoms with Crippen molar-refractivity contribution in [1.82, 2.24) is 9.80 Å². The van der Waals surface area contributed by atoms with E-state index in [4.69, 9.17) is 4.74 Å². The number of nitro benzene ring substituents is 1. The summed E-state index contributed by atoms with van der Waals surface area (Å²) in [5.41, 5.74) is 1.13.